The Morgan fingerprint density at radius 3 is 2.55 bits per heavy atom. The summed E-state index contributed by atoms with van der Waals surface area (Å²) in [7, 11) is 2.04. The number of nitrogens with zero attached hydrogens (tertiary/aromatic N) is 1. The van der Waals surface area contributed by atoms with Crippen LogP contribution in [0.5, 0.6) is 0 Å². The van der Waals surface area contributed by atoms with Crippen LogP contribution in [0.25, 0.3) is 0 Å². The normalized spacial score (nSPS) is 12.2. The molecule has 0 aromatic heterocycles. The number of hydrogen-bond acceptors (Lipinski definition) is 2. The lowest BCUT2D eigenvalue weighted by Crippen LogP contribution is -2.20. The van der Waals surface area contributed by atoms with Gasteiger partial charge in [0.25, 0.3) is 0 Å². The number of para-hydroxylation sites is 1. The zero-order valence-electron chi connectivity index (χ0n) is 12.2. The second kappa shape index (κ2) is 6.29. The van der Waals surface area contributed by atoms with Gasteiger partial charge in [0.05, 0.1) is 10.7 Å². The van der Waals surface area contributed by atoms with Crippen LogP contribution in [0.15, 0.2) is 42.5 Å². The van der Waals surface area contributed by atoms with Gasteiger partial charge in [0.15, 0.2) is 0 Å². The van der Waals surface area contributed by atoms with Crippen molar-refractivity contribution in [3.63, 3.8) is 0 Å². The number of halogens is 1. The van der Waals surface area contributed by atoms with Crippen LogP contribution in [0.1, 0.15) is 18.1 Å². The van der Waals surface area contributed by atoms with Gasteiger partial charge in [0.2, 0.25) is 0 Å². The molecule has 0 aliphatic heterocycles. The third-order valence-corrected chi connectivity index (χ3v) is 3.64. The molecule has 2 rings (SSSR count). The van der Waals surface area contributed by atoms with E-state index in [0.29, 0.717) is 0 Å². The summed E-state index contributed by atoms with van der Waals surface area (Å²) in [5.41, 5.74) is 10.5. The molecule has 1 atom stereocenters. The first-order valence-corrected chi connectivity index (χ1v) is 7.20. The highest BCUT2D eigenvalue weighted by atomic mass is 35.5. The average Bonchev–Trinajstić information content (AvgIpc) is 2.37. The molecule has 0 heterocycles. The molecular formula is C17H21ClN2. The highest BCUT2D eigenvalue weighted by molar-refractivity contribution is 6.33. The predicted octanol–water partition coefficient (Wildman–Crippen LogP) is 4.31. The van der Waals surface area contributed by atoms with E-state index in [2.05, 4.69) is 42.2 Å². The van der Waals surface area contributed by atoms with E-state index in [1.54, 1.807) is 0 Å². The monoisotopic (exact) mass is 288 g/mol. The van der Waals surface area contributed by atoms with Crippen LogP contribution in [-0.2, 0) is 6.42 Å². The molecule has 0 fully saturated rings. The van der Waals surface area contributed by atoms with E-state index in [0.717, 1.165) is 22.8 Å². The number of anilines is 2. The van der Waals surface area contributed by atoms with Crippen LogP contribution in [-0.4, -0.2) is 13.1 Å². The largest absolute Gasteiger partial charge is 0.343 e. The number of rotatable bonds is 4. The first-order valence-electron chi connectivity index (χ1n) is 6.82. The summed E-state index contributed by atoms with van der Waals surface area (Å²) < 4.78 is 0. The quantitative estimate of drug-likeness (QED) is 0.908. The highest BCUT2D eigenvalue weighted by Gasteiger charge is 2.14. The molecule has 0 radical (unpaired) electrons. The highest BCUT2D eigenvalue weighted by Crippen LogP contribution is 2.34. The third kappa shape index (κ3) is 3.33. The van der Waals surface area contributed by atoms with Crippen molar-refractivity contribution in [3.8, 4) is 0 Å². The molecule has 2 N–H and O–H groups in total. The molecule has 0 amide bonds. The van der Waals surface area contributed by atoms with Gasteiger partial charge in [-0.15, -0.1) is 0 Å². The molecule has 106 valence electrons. The Balaban J connectivity index is 2.45. The average molecular weight is 289 g/mol. The second-order valence-electron chi connectivity index (χ2n) is 5.33. The lowest BCUT2D eigenvalue weighted by molar-refractivity contribution is 0.737. The van der Waals surface area contributed by atoms with E-state index < -0.39 is 0 Å². The molecule has 2 aromatic carbocycles. The molecule has 3 heteroatoms. The van der Waals surface area contributed by atoms with Gasteiger partial charge < -0.3 is 10.6 Å². The first-order chi connectivity index (χ1) is 9.49. The van der Waals surface area contributed by atoms with Gasteiger partial charge in [0.1, 0.15) is 0 Å². The van der Waals surface area contributed by atoms with E-state index in [-0.39, 0.29) is 6.04 Å². The minimum Gasteiger partial charge on any atom is -0.343 e. The van der Waals surface area contributed by atoms with Crippen molar-refractivity contribution in [1.29, 1.82) is 0 Å². The molecule has 20 heavy (non-hydrogen) atoms. The summed E-state index contributed by atoms with van der Waals surface area (Å²) in [4.78, 5) is 2.13. The fourth-order valence-electron chi connectivity index (χ4n) is 2.41. The lowest BCUT2D eigenvalue weighted by Gasteiger charge is -2.25. The third-order valence-electron chi connectivity index (χ3n) is 3.34. The van der Waals surface area contributed by atoms with Crippen LogP contribution < -0.4 is 10.6 Å². The van der Waals surface area contributed by atoms with Gasteiger partial charge in [-0.05, 0) is 49.6 Å². The molecule has 2 nitrogen and oxygen atoms in total. The predicted molar refractivity (Wildman–Crippen MR) is 88.0 cm³/mol. The number of aryl methyl sites for hydroxylation is 1. The topological polar surface area (TPSA) is 29.3 Å². The smallest absolute Gasteiger partial charge is 0.0645 e. The number of hydrogen-bond donors (Lipinski definition) is 1. The Kier molecular flexibility index (Phi) is 4.69. The van der Waals surface area contributed by atoms with Crippen molar-refractivity contribution in [2.24, 2.45) is 5.73 Å². The van der Waals surface area contributed by atoms with Crippen LogP contribution in [0.3, 0.4) is 0 Å². The first kappa shape index (κ1) is 14.9. The van der Waals surface area contributed by atoms with Gasteiger partial charge in [-0.25, -0.2) is 0 Å². The maximum absolute atomic E-state index is 6.41. The number of benzene rings is 2. The van der Waals surface area contributed by atoms with E-state index >= 15 is 0 Å². The molecule has 0 saturated heterocycles. The minimum atomic E-state index is 0.109. The molecule has 0 aliphatic carbocycles. The summed E-state index contributed by atoms with van der Waals surface area (Å²) in [6.07, 6.45) is 0.812. The van der Waals surface area contributed by atoms with Crippen molar-refractivity contribution >= 4 is 23.0 Å². The van der Waals surface area contributed by atoms with Crippen LogP contribution in [0.4, 0.5) is 11.4 Å². The zero-order chi connectivity index (χ0) is 14.7. The molecule has 0 spiro atoms. The molecule has 1 unspecified atom stereocenters. The molecule has 2 aromatic rings. The Hall–Kier alpha value is -1.51. The van der Waals surface area contributed by atoms with E-state index in [1.807, 2.05) is 26.1 Å². The zero-order valence-corrected chi connectivity index (χ0v) is 13.0. The Labute approximate surface area is 126 Å². The number of nitrogens with two attached hydrogens (primary N) is 1. The Morgan fingerprint density at radius 1 is 1.20 bits per heavy atom. The summed E-state index contributed by atoms with van der Waals surface area (Å²) >= 11 is 6.41. The summed E-state index contributed by atoms with van der Waals surface area (Å²) in [6, 6.07) is 14.5. The standard InChI is InChI=1S/C17H21ClN2/c1-12-6-4-8-15(10-12)20(3)17-14(11-13(2)19)7-5-9-16(17)18/h4-10,13H,11,19H2,1-3H3. The van der Waals surface area contributed by atoms with Crippen LogP contribution in [0.2, 0.25) is 5.02 Å². The van der Waals surface area contributed by atoms with E-state index in [9.17, 15) is 0 Å². The maximum Gasteiger partial charge on any atom is 0.0645 e. The van der Waals surface area contributed by atoms with Crippen molar-refractivity contribution in [2.45, 2.75) is 26.3 Å². The minimum absolute atomic E-state index is 0.109. The Bertz CT molecular complexity index is 593. The molecular weight excluding hydrogens is 268 g/mol. The molecule has 0 bridgehead atoms. The fourth-order valence-corrected chi connectivity index (χ4v) is 2.73. The van der Waals surface area contributed by atoms with Crippen molar-refractivity contribution in [3.05, 3.63) is 58.6 Å². The Morgan fingerprint density at radius 2 is 1.90 bits per heavy atom. The van der Waals surface area contributed by atoms with Crippen molar-refractivity contribution in [2.75, 3.05) is 11.9 Å². The van der Waals surface area contributed by atoms with E-state index in [4.69, 9.17) is 17.3 Å². The fraction of sp³-hybridized carbons (Fsp3) is 0.294. The van der Waals surface area contributed by atoms with E-state index in [1.165, 1.54) is 11.1 Å². The summed E-state index contributed by atoms with van der Waals surface area (Å²) in [5.74, 6) is 0. The van der Waals surface area contributed by atoms with Gasteiger partial charge in [-0.1, -0.05) is 35.9 Å². The summed E-state index contributed by atoms with van der Waals surface area (Å²) in [6.45, 7) is 4.10. The molecule has 0 saturated carbocycles. The lowest BCUT2D eigenvalue weighted by atomic mass is 10.0. The van der Waals surface area contributed by atoms with Gasteiger partial charge in [0, 0.05) is 18.8 Å². The van der Waals surface area contributed by atoms with Gasteiger partial charge >= 0.3 is 0 Å². The SMILES string of the molecule is Cc1cccc(N(C)c2c(Cl)cccc2CC(C)N)c1. The van der Waals surface area contributed by atoms with Gasteiger partial charge in [-0.2, -0.15) is 0 Å². The maximum atomic E-state index is 6.41. The van der Waals surface area contributed by atoms with Crippen LogP contribution >= 0.6 is 11.6 Å². The van der Waals surface area contributed by atoms with Gasteiger partial charge in [-0.3, -0.25) is 0 Å². The second-order valence-corrected chi connectivity index (χ2v) is 5.73. The summed E-state index contributed by atoms with van der Waals surface area (Å²) in [5, 5.41) is 0.757. The van der Waals surface area contributed by atoms with Crippen molar-refractivity contribution < 1.29 is 0 Å². The van der Waals surface area contributed by atoms with Crippen LogP contribution in [0, 0.1) is 6.92 Å². The molecule has 0 aliphatic rings. The van der Waals surface area contributed by atoms with Crippen molar-refractivity contribution in [1.82, 2.24) is 0 Å².